The summed E-state index contributed by atoms with van der Waals surface area (Å²) < 4.78 is 27.1. The van der Waals surface area contributed by atoms with Gasteiger partial charge in [-0.1, -0.05) is 15.9 Å². The van der Waals surface area contributed by atoms with Crippen molar-refractivity contribution in [2.45, 2.75) is 11.9 Å². The molecule has 17 heavy (non-hydrogen) atoms. The molecule has 0 fully saturated rings. The number of sulfonamides is 1. The van der Waals surface area contributed by atoms with Crippen LogP contribution < -0.4 is 4.72 Å². The van der Waals surface area contributed by atoms with Crippen molar-refractivity contribution in [3.05, 3.63) is 40.5 Å². The van der Waals surface area contributed by atoms with E-state index in [1.165, 1.54) is 12.3 Å². The molecule has 7 heteroatoms. The van der Waals surface area contributed by atoms with Crippen LogP contribution in [0.5, 0.6) is 0 Å². The smallest absolute Gasteiger partial charge is 0.278 e. The lowest BCUT2D eigenvalue weighted by Crippen LogP contribution is -2.13. The molecule has 0 saturated heterocycles. The monoisotopic (exact) mass is 315 g/mol. The van der Waals surface area contributed by atoms with Gasteiger partial charge >= 0.3 is 0 Å². The largest absolute Gasteiger partial charge is 0.278 e. The average Bonchev–Trinajstić information content (AvgIpc) is 2.67. The molecule has 0 atom stereocenters. The lowest BCUT2D eigenvalue weighted by atomic mass is 10.2. The first kappa shape index (κ1) is 12.1. The zero-order chi connectivity index (χ0) is 12.5. The van der Waals surface area contributed by atoms with Crippen LogP contribution in [0.3, 0.4) is 0 Å². The molecule has 0 saturated carbocycles. The van der Waals surface area contributed by atoms with Gasteiger partial charge in [0.05, 0.1) is 11.9 Å². The van der Waals surface area contributed by atoms with Crippen molar-refractivity contribution in [1.82, 2.24) is 10.2 Å². The number of nitrogens with zero attached hydrogens (tertiary/aromatic N) is 1. The van der Waals surface area contributed by atoms with E-state index in [0.29, 0.717) is 5.69 Å². The molecule has 0 radical (unpaired) electrons. The van der Waals surface area contributed by atoms with Gasteiger partial charge in [-0.2, -0.15) is 13.5 Å². The van der Waals surface area contributed by atoms with Crippen molar-refractivity contribution in [2.75, 3.05) is 4.72 Å². The maximum atomic E-state index is 11.9. The molecule has 0 aliphatic heterocycles. The van der Waals surface area contributed by atoms with Gasteiger partial charge in [0, 0.05) is 4.47 Å². The average molecular weight is 316 g/mol. The summed E-state index contributed by atoms with van der Waals surface area (Å²) in [6.45, 7) is 1.89. The number of H-pyrrole nitrogens is 1. The fourth-order valence-electron chi connectivity index (χ4n) is 1.40. The summed E-state index contributed by atoms with van der Waals surface area (Å²) in [6.07, 6.45) is 1.39. The molecule has 2 rings (SSSR count). The van der Waals surface area contributed by atoms with E-state index < -0.39 is 10.0 Å². The molecule has 90 valence electrons. The van der Waals surface area contributed by atoms with E-state index >= 15 is 0 Å². The highest BCUT2D eigenvalue weighted by atomic mass is 79.9. The second-order valence-electron chi connectivity index (χ2n) is 3.54. The van der Waals surface area contributed by atoms with Crippen LogP contribution in [-0.2, 0) is 10.0 Å². The summed E-state index contributed by atoms with van der Waals surface area (Å²) in [5.41, 5.74) is 1.47. The van der Waals surface area contributed by atoms with Gasteiger partial charge in [-0.05, 0) is 36.8 Å². The van der Waals surface area contributed by atoms with Gasteiger partial charge in [0.25, 0.3) is 10.0 Å². The Morgan fingerprint density at radius 2 is 2.12 bits per heavy atom. The lowest BCUT2D eigenvalue weighted by molar-refractivity contribution is 0.597. The predicted octanol–water partition coefficient (Wildman–Crippen LogP) is 2.28. The highest BCUT2D eigenvalue weighted by molar-refractivity contribution is 9.10. The molecule has 0 aliphatic rings. The number of aryl methyl sites for hydroxylation is 1. The number of benzene rings is 1. The molecule has 0 amide bonds. The molecule has 0 aliphatic carbocycles. The van der Waals surface area contributed by atoms with Crippen molar-refractivity contribution in [3.8, 4) is 0 Å². The van der Waals surface area contributed by atoms with Crippen molar-refractivity contribution >= 4 is 31.6 Å². The molecular formula is C10H10BrN3O2S. The van der Waals surface area contributed by atoms with Gasteiger partial charge < -0.3 is 0 Å². The molecule has 0 spiro atoms. The Kier molecular flexibility index (Phi) is 3.21. The van der Waals surface area contributed by atoms with Crippen molar-refractivity contribution in [3.63, 3.8) is 0 Å². The second-order valence-corrected chi connectivity index (χ2v) is 6.11. The van der Waals surface area contributed by atoms with E-state index in [4.69, 9.17) is 0 Å². The number of hydrogen-bond donors (Lipinski definition) is 2. The highest BCUT2D eigenvalue weighted by Gasteiger charge is 2.15. The lowest BCUT2D eigenvalue weighted by Gasteiger charge is -2.07. The number of aromatic nitrogens is 2. The summed E-state index contributed by atoms with van der Waals surface area (Å²) in [5.74, 6) is 0. The first-order valence-electron chi connectivity index (χ1n) is 4.77. The number of aromatic amines is 1. The molecule has 0 bridgehead atoms. The van der Waals surface area contributed by atoms with Crippen LogP contribution >= 0.6 is 15.9 Å². The van der Waals surface area contributed by atoms with E-state index in [1.54, 1.807) is 12.1 Å². The van der Waals surface area contributed by atoms with Gasteiger partial charge in [-0.15, -0.1) is 0 Å². The molecule has 5 nitrogen and oxygen atoms in total. The van der Waals surface area contributed by atoms with E-state index in [1.807, 2.05) is 13.0 Å². The normalized spacial score (nSPS) is 11.4. The Labute approximate surface area is 107 Å². The van der Waals surface area contributed by atoms with E-state index in [0.717, 1.165) is 10.0 Å². The molecule has 0 unspecified atom stereocenters. The summed E-state index contributed by atoms with van der Waals surface area (Å²) in [7, 11) is -3.59. The molecule has 1 aromatic heterocycles. The number of halogens is 1. The Morgan fingerprint density at radius 3 is 2.71 bits per heavy atom. The van der Waals surface area contributed by atoms with Crippen molar-refractivity contribution in [1.29, 1.82) is 0 Å². The van der Waals surface area contributed by atoms with Crippen LogP contribution in [0.15, 0.2) is 40.0 Å². The Hall–Kier alpha value is -1.34. The predicted molar refractivity (Wildman–Crippen MR) is 68.3 cm³/mol. The third-order valence-electron chi connectivity index (χ3n) is 2.06. The number of anilines is 1. The summed E-state index contributed by atoms with van der Waals surface area (Å²) in [4.78, 5) is 0. The van der Waals surface area contributed by atoms with Gasteiger partial charge in [0.15, 0.2) is 5.03 Å². The maximum Gasteiger partial charge on any atom is 0.278 e. The van der Waals surface area contributed by atoms with Gasteiger partial charge in [-0.3, -0.25) is 9.82 Å². The highest BCUT2D eigenvalue weighted by Crippen LogP contribution is 2.21. The van der Waals surface area contributed by atoms with Gasteiger partial charge in [0.1, 0.15) is 0 Å². The minimum absolute atomic E-state index is 0.0372. The van der Waals surface area contributed by atoms with Crippen molar-refractivity contribution in [2.24, 2.45) is 0 Å². The van der Waals surface area contributed by atoms with Crippen LogP contribution in [0.2, 0.25) is 0 Å². The Morgan fingerprint density at radius 1 is 1.35 bits per heavy atom. The van der Waals surface area contributed by atoms with Crippen LogP contribution in [-0.4, -0.2) is 18.6 Å². The first-order valence-corrected chi connectivity index (χ1v) is 7.04. The molecule has 1 heterocycles. The van der Waals surface area contributed by atoms with E-state index in [-0.39, 0.29) is 5.03 Å². The third kappa shape index (κ3) is 2.86. The maximum absolute atomic E-state index is 11.9. The third-order valence-corrected chi connectivity index (χ3v) is 3.83. The SMILES string of the molecule is Cc1cc(Br)cc(NS(=O)(=O)c2ccn[nH]2)c1. The second kappa shape index (κ2) is 4.50. The quantitative estimate of drug-likeness (QED) is 0.912. The number of rotatable bonds is 3. The van der Waals surface area contributed by atoms with Crippen LogP contribution in [0.1, 0.15) is 5.56 Å². The molecule has 2 N–H and O–H groups in total. The summed E-state index contributed by atoms with van der Waals surface area (Å²) >= 11 is 3.31. The fourth-order valence-corrected chi connectivity index (χ4v) is 2.96. The van der Waals surface area contributed by atoms with Crippen molar-refractivity contribution < 1.29 is 8.42 Å². The van der Waals surface area contributed by atoms with Gasteiger partial charge in [-0.25, -0.2) is 0 Å². The zero-order valence-corrected chi connectivity index (χ0v) is 11.3. The van der Waals surface area contributed by atoms with Crippen LogP contribution in [0, 0.1) is 6.92 Å². The Balaban J connectivity index is 2.33. The Bertz CT molecular complexity index is 603. The fraction of sp³-hybridized carbons (Fsp3) is 0.100. The topological polar surface area (TPSA) is 74.8 Å². The molecular weight excluding hydrogens is 306 g/mol. The van der Waals surface area contributed by atoms with Crippen LogP contribution in [0.4, 0.5) is 5.69 Å². The van der Waals surface area contributed by atoms with E-state index in [2.05, 4.69) is 30.8 Å². The summed E-state index contributed by atoms with van der Waals surface area (Å²) in [6, 6.07) is 6.74. The summed E-state index contributed by atoms with van der Waals surface area (Å²) in [5, 5.41) is 6.06. The molecule has 1 aromatic carbocycles. The molecule has 2 aromatic rings. The minimum atomic E-state index is -3.59. The van der Waals surface area contributed by atoms with Gasteiger partial charge in [0.2, 0.25) is 0 Å². The first-order chi connectivity index (χ1) is 7.97. The van der Waals surface area contributed by atoms with Crippen LogP contribution in [0.25, 0.3) is 0 Å². The van der Waals surface area contributed by atoms with E-state index in [9.17, 15) is 8.42 Å². The number of nitrogens with one attached hydrogen (secondary N) is 2. The standard InChI is InChI=1S/C10H10BrN3O2S/c1-7-4-8(11)6-9(5-7)14-17(15,16)10-2-3-12-13-10/h2-6,14H,1H3,(H,12,13). The zero-order valence-electron chi connectivity index (χ0n) is 8.94. The minimum Gasteiger partial charge on any atom is -0.278 e. The number of hydrogen-bond acceptors (Lipinski definition) is 3.